The van der Waals surface area contributed by atoms with Gasteiger partial charge in [0.15, 0.2) is 9.84 Å². The Labute approximate surface area is 129 Å². The lowest BCUT2D eigenvalue weighted by Crippen LogP contribution is -2.36. The van der Waals surface area contributed by atoms with Crippen LogP contribution < -0.4 is 10.1 Å². The average molecular weight is 320 g/mol. The highest BCUT2D eigenvalue weighted by Gasteiger charge is 2.29. The van der Waals surface area contributed by atoms with Crippen LogP contribution >= 0.6 is 0 Å². The Morgan fingerprint density at radius 2 is 2.09 bits per heavy atom. The summed E-state index contributed by atoms with van der Waals surface area (Å²) in [6, 6.07) is 8.32. The van der Waals surface area contributed by atoms with Crippen molar-refractivity contribution in [1.82, 2.24) is 5.32 Å². The maximum atomic E-state index is 12.0. The minimum absolute atomic E-state index is 0.0607. The quantitative estimate of drug-likeness (QED) is 0.657. The van der Waals surface area contributed by atoms with Gasteiger partial charge in [-0.2, -0.15) is 5.26 Å². The molecule has 1 aliphatic heterocycles. The van der Waals surface area contributed by atoms with E-state index < -0.39 is 21.8 Å². The van der Waals surface area contributed by atoms with Crippen LogP contribution in [0.15, 0.2) is 29.8 Å². The summed E-state index contributed by atoms with van der Waals surface area (Å²) in [5.41, 5.74) is 0.626. The molecule has 1 fully saturated rings. The normalized spacial score (nSPS) is 20.2. The zero-order chi connectivity index (χ0) is 16.2. The number of nitrogens with one attached hydrogen (secondary N) is 1. The summed E-state index contributed by atoms with van der Waals surface area (Å²) in [5, 5.41) is 11.7. The molecule has 0 unspecified atom stereocenters. The highest BCUT2D eigenvalue weighted by atomic mass is 32.2. The van der Waals surface area contributed by atoms with Crippen molar-refractivity contribution in [2.24, 2.45) is 0 Å². The van der Waals surface area contributed by atoms with Gasteiger partial charge >= 0.3 is 0 Å². The molecule has 0 radical (unpaired) electrons. The molecule has 0 aliphatic carbocycles. The number of hydrogen-bond acceptors (Lipinski definition) is 5. The minimum atomic E-state index is -3.07. The van der Waals surface area contributed by atoms with Crippen LogP contribution in [0.4, 0.5) is 0 Å². The third-order valence-electron chi connectivity index (χ3n) is 3.36. The highest BCUT2D eigenvalue weighted by molar-refractivity contribution is 7.91. The van der Waals surface area contributed by atoms with E-state index in [4.69, 9.17) is 10.00 Å². The van der Waals surface area contributed by atoms with Crippen molar-refractivity contribution in [3.63, 3.8) is 0 Å². The molecule has 0 spiro atoms. The molecule has 1 aromatic carbocycles. The number of nitrogens with zero attached hydrogens (tertiary/aromatic N) is 1. The first-order valence-corrected chi connectivity index (χ1v) is 8.53. The standard InChI is InChI=1S/C15H16N2O4S/c1-21-14-4-2-11(3-5-14)8-12(9-16)15(18)17-13-6-7-22(19,20)10-13/h2-5,8,13H,6-7,10H2,1H3,(H,17,18)/b12-8+/t13-/m0/s1. The number of ether oxygens (including phenoxy) is 1. The van der Waals surface area contributed by atoms with Crippen molar-refractivity contribution < 1.29 is 17.9 Å². The highest BCUT2D eigenvalue weighted by Crippen LogP contribution is 2.15. The lowest BCUT2D eigenvalue weighted by atomic mass is 10.1. The Bertz CT molecular complexity index is 730. The first-order valence-electron chi connectivity index (χ1n) is 6.70. The van der Waals surface area contributed by atoms with E-state index in [1.807, 2.05) is 6.07 Å². The maximum absolute atomic E-state index is 12.0. The zero-order valence-corrected chi connectivity index (χ0v) is 12.9. The first-order chi connectivity index (χ1) is 10.4. The molecule has 1 amide bonds. The van der Waals surface area contributed by atoms with E-state index in [-0.39, 0.29) is 17.1 Å². The molecule has 0 bridgehead atoms. The van der Waals surface area contributed by atoms with Gasteiger partial charge < -0.3 is 10.1 Å². The van der Waals surface area contributed by atoms with Gasteiger partial charge in [0.1, 0.15) is 17.4 Å². The molecular weight excluding hydrogens is 304 g/mol. The van der Waals surface area contributed by atoms with Crippen LogP contribution in [0.1, 0.15) is 12.0 Å². The number of sulfone groups is 1. The molecule has 1 saturated heterocycles. The van der Waals surface area contributed by atoms with E-state index in [2.05, 4.69) is 5.32 Å². The predicted octanol–water partition coefficient (Wildman–Crippen LogP) is 0.905. The van der Waals surface area contributed by atoms with Crippen LogP contribution in [0, 0.1) is 11.3 Å². The van der Waals surface area contributed by atoms with Gasteiger partial charge in [-0.3, -0.25) is 4.79 Å². The first kappa shape index (κ1) is 16.0. The van der Waals surface area contributed by atoms with Gasteiger partial charge in [-0.25, -0.2) is 8.42 Å². The number of rotatable bonds is 4. The number of methoxy groups -OCH3 is 1. The molecule has 7 heteroatoms. The smallest absolute Gasteiger partial charge is 0.262 e. The molecule has 6 nitrogen and oxygen atoms in total. The Morgan fingerprint density at radius 3 is 2.59 bits per heavy atom. The van der Waals surface area contributed by atoms with Crippen molar-refractivity contribution in [2.45, 2.75) is 12.5 Å². The minimum Gasteiger partial charge on any atom is -0.497 e. The van der Waals surface area contributed by atoms with Crippen molar-refractivity contribution in [3.05, 3.63) is 35.4 Å². The van der Waals surface area contributed by atoms with Crippen molar-refractivity contribution in [3.8, 4) is 11.8 Å². The molecule has 1 heterocycles. The van der Waals surface area contributed by atoms with Crippen LogP contribution in [0.3, 0.4) is 0 Å². The predicted molar refractivity (Wildman–Crippen MR) is 81.8 cm³/mol. The lowest BCUT2D eigenvalue weighted by Gasteiger charge is -2.09. The summed E-state index contributed by atoms with van der Waals surface area (Å²) < 4.78 is 27.8. The van der Waals surface area contributed by atoms with E-state index in [9.17, 15) is 13.2 Å². The SMILES string of the molecule is COc1ccc(/C=C(\C#N)C(=O)N[C@H]2CCS(=O)(=O)C2)cc1. The van der Waals surface area contributed by atoms with Crippen LogP contribution in [0.2, 0.25) is 0 Å². The Hall–Kier alpha value is -2.33. The van der Waals surface area contributed by atoms with Crippen LogP contribution in [-0.4, -0.2) is 39.0 Å². The number of hydrogen-bond donors (Lipinski definition) is 1. The van der Waals surface area contributed by atoms with Gasteiger partial charge in [0.2, 0.25) is 0 Å². The summed E-state index contributed by atoms with van der Waals surface area (Å²) in [5.74, 6) is 0.124. The van der Waals surface area contributed by atoms with Crippen LogP contribution in [0.5, 0.6) is 5.75 Å². The monoisotopic (exact) mass is 320 g/mol. The molecular formula is C15H16N2O4S. The largest absolute Gasteiger partial charge is 0.497 e. The summed E-state index contributed by atoms with van der Waals surface area (Å²) in [6.45, 7) is 0. The second-order valence-electron chi connectivity index (χ2n) is 5.02. The number of benzene rings is 1. The van der Waals surface area contributed by atoms with Crippen molar-refractivity contribution in [1.29, 1.82) is 5.26 Å². The summed E-state index contributed by atoms with van der Waals surface area (Å²) in [6.07, 6.45) is 1.84. The fourth-order valence-electron chi connectivity index (χ4n) is 2.19. The number of carbonyl (C=O) groups is 1. The third kappa shape index (κ3) is 4.09. The molecule has 2 rings (SSSR count). The van der Waals surface area contributed by atoms with E-state index >= 15 is 0 Å². The molecule has 22 heavy (non-hydrogen) atoms. The van der Waals surface area contributed by atoms with Crippen LogP contribution in [-0.2, 0) is 14.6 Å². The maximum Gasteiger partial charge on any atom is 0.262 e. The molecule has 0 aromatic heterocycles. The molecule has 116 valence electrons. The van der Waals surface area contributed by atoms with E-state index in [1.165, 1.54) is 6.08 Å². The number of carbonyl (C=O) groups excluding carboxylic acids is 1. The average Bonchev–Trinajstić information content (AvgIpc) is 2.84. The van der Waals surface area contributed by atoms with Crippen molar-refractivity contribution in [2.75, 3.05) is 18.6 Å². The van der Waals surface area contributed by atoms with Gasteiger partial charge in [-0.15, -0.1) is 0 Å². The third-order valence-corrected chi connectivity index (χ3v) is 5.13. The summed E-state index contributed by atoms with van der Waals surface area (Å²) in [4.78, 5) is 12.0. The Morgan fingerprint density at radius 1 is 1.41 bits per heavy atom. The second-order valence-corrected chi connectivity index (χ2v) is 7.25. The van der Waals surface area contributed by atoms with Gasteiger partial charge in [0.05, 0.1) is 18.6 Å². The van der Waals surface area contributed by atoms with Crippen molar-refractivity contribution >= 4 is 21.8 Å². The molecule has 1 N–H and O–H groups in total. The topological polar surface area (TPSA) is 96.3 Å². The van der Waals surface area contributed by atoms with Gasteiger partial charge in [0, 0.05) is 6.04 Å². The van der Waals surface area contributed by atoms with E-state index in [1.54, 1.807) is 31.4 Å². The van der Waals surface area contributed by atoms with Gasteiger partial charge in [-0.1, -0.05) is 12.1 Å². The zero-order valence-electron chi connectivity index (χ0n) is 12.1. The number of nitriles is 1. The Balaban J connectivity index is 2.08. The summed E-state index contributed by atoms with van der Waals surface area (Å²) in [7, 11) is -1.52. The fraction of sp³-hybridized carbons (Fsp3) is 0.333. The lowest BCUT2D eigenvalue weighted by molar-refractivity contribution is -0.117. The fourth-order valence-corrected chi connectivity index (χ4v) is 3.86. The van der Waals surface area contributed by atoms with Gasteiger partial charge in [-0.05, 0) is 30.2 Å². The molecule has 1 aromatic rings. The second kappa shape index (κ2) is 6.62. The molecule has 0 saturated carbocycles. The van der Waals surface area contributed by atoms with E-state index in [0.29, 0.717) is 17.7 Å². The Kier molecular flexibility index (Phi) is 4.83. The van der Waals surface area contributed by atoms with E-state index in [0.717, 1.165) is 0 Å². The molecule has 1 aliphatic rings. The van der Waals surface area contributed by atoms with Gasteiger partial charge in [0.25, 0.3) is 5.91 Å². The van der Waals surface area contributed by atoms with Crippen LogP contribution in [0.25, 0.3) is 6.08 Å². The number of amides is 1. The summed E-state index contributed by atoms with van der Waals surface area (Å²) >= 11 is 0. The molecule has 1 atom stereocenters.